The molecule has 0 saturated heterocycles. The van der Waals surface area contributed by atoms with E-state index in [0.29, 0.717) is 30.7 Å². The number of rotatable bonds is 19. The van der Waals surface area contributed by atoms with Crippen LogP contribution >= 0.6 is 11.8 Å². The summed E-state index contributed by atoms with van der Waals surface area (Å²) in [7, 11) is 0. The van der Waals surface area contributed by atoms with Crippen LogP contribution in [0.15, 0.2) is 18.2 Å². The number of thioether (sulfide) groups is 1. The number of aryl methyl sites for hydroxylation is 2. The molecule has 2 atom stereocenters. The zero-order chi connectivity index (χ0) is 32.4. The van der Waals surface area contributed by atoms with Gasteiger partial charge in [-0.3, -0.25) is 14.4 Å². The molecule has 0 aromatic heterocycles. The Balaban J connectivity index is 3.46. The molecule has 0 heterocycles. The lowest BCUT2D eigenvalue weighted by Crippen LogP contribution is -2.53. The summed E-state index contributed by atoms with van der Waals surface area (Å²) in [5, 5.41) is 5.65. The maximum absolute atomic E-state index is 14.3. The number of ether oxygens (including phenoxy) is 2. The first-order chi connectivity index (χ1) is 20.3. The van der Waals surface area contributed by atoms with Gasteiger partial charge in [-0.05, 0) is 83.1 Å². The molecule has 0 bridgehead atoms. The molecule has 0 saturated carbocycles. The Bertz CT molecular complexity index is 1030. The number of amides is 3. The molecule has 3 amide bonds. The van der Waals surface area contributed by atoms with Crippen LogP contribution in [-0.4, -0.2) is 72.1 Å². The van der Waals surface area contributed by atoms with E-state index in [4.69, 9.17) is 9.47 Å². The Hall–Kier alpha value is -2.75. The smallest absolute Gasteiger partial charge is 0.408 e. The van der Waals surface area contributed by atoms with Crippen molar-refractivity contribution >= 4 is 35.6 Å². The zero-order valence-electron chi connectivity index (χ0n) is 27.7. The minimum absolute atomic E-state index is 0.0289. The number of alkyl carbamates (subject to hydrolysis) is 1. The van der Waals surface area contributed by atoms with Crippen LogP contribution in [0.1, 0.15) is 109 Å². The number of unbranched alkanes of at least 4 members (excludes halogenated alkanes) is 5. The van der Waals surface area contributed by atoms with Gasteiger partial charge in [0.1, 0.15) is 17.7 Å². The van der Waals surface area contributed by atoms with Crippen LogP contribution in [0.5, 0.6) is 0 Å². The second kappa shape index (κ2) is 20.3. The third-order valence-corrected chi connectivity index (χ3v) is 7.62. The molecule has 0 radical (unpaired) electrons. The second-order valence-corrected chi connectivity index (χ2v) is 12.9. The van der Waals surface area contributed by atoms with Crippen LogP contribution in [0.25, 0.3) is 0 Å². The van der Waals surface area contributed by atoms with Gasteiger partial charge in [-0.1, -0.05) is 57.2 Å². The van der Waals surface area contributed by atoms with Crippen molar-refractivity contribution in [3.63, 3.8) is 0 Å². The molecule has 244 valence electrons. The molecular formula is C33H55N3O6S. The minimum atomic E-state index is -0.943. The fraction of sp³-hybridized carbons (Fsp3) is 0.697. The van der Waals surface area contributed by atoms with E-state index in [2.05, 4.69) is 17.6 Å². The largest absolute Gasteiger partial charge is 0.466 e. The molecular weight excluding hydrogens is 566 g/mol. The maximum Gasteiger partial charge on any atom is 0.408 e. The molecule has 1 aromatic carbocycles. The highest BCUT2D eigenvalue weighted by atomic mass is 32.2. The van der Waals surface area contributed by atoms with Crippen LogP contribution in [0.4, 0.5) is 4.79 Å². The first-order valence-electron chi connectivity index (χ1n) is 15.6. The van der Waals surface area contributed by atoms with E-state index in [-0.39, 0.29) is 31.4 Å². The number of carbonyl (C=O) groups is 4. The van der Waals surface area contributed by atoms with Gasteiger partial charge in [0.05, 0.1) is 13.0 Å². The number of hydrogen-bond acceptors (Lipinski definition) is 7. The summed E-state index contributed by atoms with van der Waals surface area (Å²) in [5.74, 6) is -0.480. The van der Waals surface area contributed by atoms with Gasteiger partial charge in [0.2, 0.25) is 11.8 Å². The quantitative estimate of drug-likeness (QED) is 0.139. The highest BCUT2D eigenvalue weighted by Crippen LogP contribution is 2.26. The monoisotopic (exact) mass is 621 g/mol. The van der Waals surface area contributed by atoms with Crippen LogP contribution in [-0.2, 0) is 23.9 Å². The van der Waals surface area contributed by atoms with Crippen molar-refractivity contribution in [3.05, 3.63) is 34.9 Å². The normalized spacial score (nSPS) is 12.7. The molecule has 0 aliphatic carbocycles. The SMILES string of the molecule is CCCCCCCCN(C(=O)C(CCSC)NC(=O)OC(C)(C)C)C(C(=O)NCCC(=O)OCC)c1ccc(C)c(C)c1. The van der Waals surface area contributed by atoms with Crippen molar-refractivity contribution in [2.75, 3.05) is 31.7 Å². The summed E-state index contributed by atoms with van der Waals surface area (Å²) < 4.78 is 10.5. The summed E-state index contributed by atoms with van der Waals surface area (Å²) in [5.41, 5.74) is 2.02. The average molecular weight is 622 g/mol. The number of nitrogens with one attached hydrogen (secondary N) is 2. The van der Waals surface area contributed by atoms with Crippen LogP contribution in [0.3, 0.4) is 0 Å². The Morgan fingerprint density at radius 2 is 1.65 bits per heavy atom. The molecule has 2 unspecified atom stereocenters. The van der Waals surface area contributed by atoms with Gasteiger partial charge in [0.15, 0.2) is 0 Å². The van der Waals surface area contributed by atoms with Crippen LogP contribution in [0.2, 0.25) is 0 Å². The highest BCUT2D eigenvalue weighted by Gasteiger charge is 2.36. The molecule has 10 heteroatoms. The Morgan fingerprint density at radius 3 is 2.26 bits per heavy atom. The lowest BCUT2D eigenvalue weighted by atomic mass is 9.97. The summed E-state index contributed by atoms with van der Waals surface area (Å²) in [6, 6.07) is 3.94. The molecule has 0 aliphatic rings. The maximum atomic E-state index is 14.3. The van der Waals surface area contributed by atoms with Crippen LogP contribution in [0, 0.1) is 13.8 Å². The van der Waals surface area contributed by atoms with Gasteiger partial charge in [-0.2, -0.15) is 11.8 Å². The van der Waals surface area contributed by atoms with Crippen molar-refractivity contribution in [3.8, 4) is 0 Å². The predicted octanol–water partition coefficient (Wildman–Crippen LogP) is 6.25. The third-order valence-electron chi connectivity index (χ3n) is 6.98. The number of benzene rings is 1. The number of hydrogen-bond donors (Lipinski definition) is 2. The number of carbonyl (C=O) groups excluding carboxylic acids is 4. The van der Waals surface area contributed by atoms with Gasteiger partial charge in [-0.15, -0.1) is 0 Å². The predicted molar refractivity (Wildman–Crippen MR) is 174 cm³/mol. The fourth-order valence-electron chi connectivity index (χ4n) is 4.60. The number of nitrogens with zero attached hydrogens (tertiary/aromatic N) is 1. The Kier molecular flexibility index (Phi) is 18.0. The molecule has 0 spiro atoms. The molecule has 2 N–H and O–H groups in total. The van der Waals surface area contributed by atoms with Gasteiger partial charge in [0, 0.05) is 13.1 Å². The lowest BCUT2D eigenvalue weighted by Gasteiger charge is -2.35. The van der Waals surface area contributed by atoms with Gasteiger partial charge in [0.25, 0.3) is 0 Å². The summed E-state index contributed by atoms with van der Waals surface area (Å²) >= 11 is 1.57. The van der Waals surface area contributed by atoms with Gasteiger partial charge >= 0.3 is 12.1 Å². The minimum Gasteiger partial charge on any atom is -0.466 e. The van der Waals surface area contributed by atoms with Crippen LogP contribution < -0.4 is 10.6 Å². The van der Waals surface area contributed by atoms with Crippen molar-refractivity contribution < 1.29 is 28.7 Å². The van der Waals surface area contributed by atoms with E-state index >= 15 is 0 Å². The van der Waals surface area contributed by atoms with Gasteiger partial charge < -0.3 is 25.0 Å². The van der Waals surface area contributed by atoms with E-state index in [1.807, 2.05) is 38.3 Å². The van der Waals surface area contributed by atoms with E-state index in [1.165, 1.54) is 0 Å². The van der Waals surface area contributed by atoms with E-state index in [9.17, 15) is 19.2 Å². The Labute approximate surface area is 263 Å². The molecule has 0 aliphatic heterocycles. The van der Waals surface area contributed by atoms with Crippen molar-refractivity contribution in [2.24, 2.45) is 0 Å². The highest BCUT2D eigenvalue weighted by molar-refractivity contribution is 7.98. The standard InChI is InChI=1S/C33H55N3O6S/c1-9-11-12-13-14-15-21-36(31(39)27(19-22-43-8)35-32(40)42-33(5,6)7)29(26-17-16-24(3)25(4)23-26)30(38)34-20-18-28(37)41-10-2/h16-17,23,27,29H,9-15,18-22H2,1-8H3,(H,34,38)(H,35,40). The van der Waals surface area contributed by atoms with E-state index in [1.54, 1.807) is 44.4 Å². The summed E-state index contributed by atoms with van der Waals surface area (Å²) in [6.45, 7) is 13.9. The third kappa shape index (κ3) is 15.0. The average Bonchev–Trinajstić information content (AvgIpc) is 2.92. The van der Waals surface area contributed by atoms with E-state index in [0.717, 1.165) is 43.2 Å². The van der Waals surface area contributed by atoms with Crippen molar-refractivity contribution in [2.45, 2.75) is 118 Å². The second-order valence-electron chi connectivity index (χ2n) is 11.9. The molecule has 1 rings (SSSR count). The molecule has 9 nitrogen and oxygen atoms in total. The Morgan fingerprint density at radius 1 is 0.977 bits per heavy atom. The summed E-state index contributed by atoms with van der Waals surface area (Å²) in [6.07, 6.45) is 7.78. The summed E-state index contributed by atoms with van der Waals surface area (Å²) in [4.78, 5) is 54.6. The van der Waals surface area contributed by atoms with Gasteiger partial charge in [-0.25, -0.2) is 4.79 Å². The fourth-order valence-corrected chi connectivity index (χ4v) is 5.07. The first kappa shape index (κ1) is 38.3. The van der Waals surface area contributed by atoms with E-state index < -0.39 is 29.7 Å². The number of esters is 1. The van der Waals surface area contributed by atoms with Crippen molar-refractivity contribution in [1.29, 1.82) is 0 Å². The van der Waals surface area contributed by atoms with Crippen molar-refractivity contribution in [1.82, 2.24) is 15.5 Å². The topological polar surface area (TPSA) is 114 Å². The molecule has 1 aromatic rings. The first-order valence-corrected chi connectivity index (χ1v) is 17.0. The lowest BCUT2D eigenvalue weighted by molar-refractivity contribution is -0.144. The molecule has 0 fully saturated rings. The zero-order valence-corrected chi connectivity index (χ0v) is 28.5. The molecule has 43 heavy (non-hydrogen) atoms.